The molecule has 0 radical (unpaired) electrons. The van der Waals surface area contributed by atoms with Crippen molar-refractivity contribution in [2.75, 3.05) is 20.8 Å². The van der Waals surface area contributed by atoms with Crippen LogP contribution in [0.1, 0.15) is 33.3 Å². The number of esters is 1. The summed E-state index contributed by atoms with van der Waals surface area (Å²) in [5.74, 6) is 0.984. The van der Waals surface area contributed by atoms with Crippen molar-refractivity contribution in [1.29, 1.82) is 0 Å². The number of ether oxygens (including phenoxy) is 3. The van der Waals surface area contributed by atoms with Gasteiger partial charge in [-0.3, -0.25) is 0 Å². The molecule has 0 heterocycles. The van der Waals surface area contributed by atoms with Crippen LogP contribution in [-0.4, -0.2) is 35.1 Å². The van der Waals surface area contributed by atoms with Crippen LogP contribution >= 0.6 is 0 Å². The summed E-state index contributed by atoms with van der Waals surface area (Å²) in [4.78, 5) is 12.4. The number of hydrogen-bond donors (Lipinski definition) is 0. The molecule has 0 N–H and O–H groups in total. The molecule has 0 saturated carbocycles. The van der Waals surface area contributed by atoms with Crippen molar-refractivity contribution in [3.63, 3.8) is 0 Å². The number of carbonyl (C=O) groups is 1. The first-order valence-electron chi connectivity index (χ1n) is 8.35. The van der Waals surface area contributed by atoms with Crippen molar-refractivity contribution >= 4 is 20.4 Å². The third kappa shape index (κ3) is 5.52. The number of methoxy groups -OCH3 is 2. The highest BCUT2D eigenvalue weighted by Gasteiger charge is 2.40. The summed E-state index contributed by atoms with van der Waals surface area (Å²) in [6.45, 7) is 12.6. The molecule has 0 atom stereocenters. The first-order chi connectivity index (χ1) is 11.6. The van der Waals surface area contributed by atoms with E-state index in [2.05, 4.69) is 33.9 Å². The fourth-order valence-electron chi connectivity index (χ4n) is 1.85. The molecule has 6 heteroatoms. The second-order valence-electron chi connectivity index (χ2n) is 7.21. The molecule has 0 saturated heterocycles. The SMILES string of the molecule is CCOC(=O)/C(=C/c1ccc(OC)c(OC)c1)O[Si](C)(C)C(C)(C)C. The lowest BCUT2D eigenvalue weighted by Crippen LogP contribution is -2.41. The molecule has 0 fully saturated rings. The lowest BCUT2D eigenvalue weighted by molar-refractivity contribution is -0.141. The molecule has 0 bridgehead atoms. The first kappa shape index (κ1) is 21.1. The minimum Gasteiger partial charge on any atom is -0.539 e. The van der Waals surface area contributed by atoms with Crippen LogP contribution in [0.5, 0.6) is 11.5 Å². The number of rotatable bonds is 7. The van der Waals surface area contributed by atoms with Crippen LogP contribution in [0.25, 0.3) is 6.08 Å². The van der Waals surface area contributed by atoms with E-state index in [0.717, 1.165) is 5.56 Å². The van der Waals surface area contributed by atoms with Gasteiger partial charge in [0.15, 0.2) is 17.3 Å². The van der Waals surface area contributed by atoms with Gasteiger partial charge >= 0.3 is 5.97 Å². The highest BCUT2D eigenvalue weighted by Crippen LogP contribution is 2.38. The Hall–Kier alpha value is -1.95. The third-order valence-electron chi connectivity index (χ3n) is 4.35. The maximum atomic E-state index is 12.4. The van der Waals surface area contributed by atoms with Crippen molar-refractivity contribution in [3.8, 4) is 11.5 Å². The van der Waals surface area contributed by atoms with E-state index in [1.54, 1.807) is 39.4 Å². The second-order valence-corrected chi connectivity index (χ2v) is 11.9. The van der Waals surface area contributed by atoms with Crippen molar-refractivity contribution in [3.05, 3.63) is 29.5 Å². The Morgan fingerprint density at radius 3 is 2.20 bits per heavy atom. The molecule has 1 aromatic rings. The van der Waals surface area contributed by atoms with Gasteiger partial charge in [0, 0.05) is 0 Å². The molecule has 25 heavy (non-hydrogen) atoms. The zero-order valence-corrected chi connectivity index (χ0v) is 17.6. The van der Waals surface area contributed by atoms with E-state index in [0.29, 0.717) is 18.1 Å². The molecule has 1 rings (SSSR count). The summed E-state index contributed by atoms with van der Waals surface area (Å²) < 4.78 is 21.9. The topological polar surface area (TPSA) is 54.0 Å². The Morgan fingerprint density at radius 2 is 1.72 bits per heavy atom. The maximum Gasteiger partial charge on any atom is 0.372 e. The minimum absolute atomic E-state index is 0.0316. The smallest absolute Gasteiger partial charge is 0.372 e. The van der Waals surface area contributed by atoms with E-state index >= 15 is 0 Å². The largest absolute Gasteiger partial charge is 0.539 e. The van der Waals surface area contributed by atoms with E-state index in [4.69, 9.17) is 18.6 Å². The molecule has 0 aromatic heterocycles. The number of benzene rings is 1. The summed E-state index contributed by atoms with van der Waals surface area (Å²) in [6.07, 6.45) is 1.69. The second kappa shape index (κ2) is 8.42. The van der Waals surface area contributed by atoms with Gasteiger partial charge in [-0.1, -0.05) is 26.8 Å². The number of hydrogen-bond acceptors (Lipinski definition) is 5. The van der Waals surface area contributed by atoms with Crippen LogP contribution in [0.4, 0.5) is 0 Å². The lowest BCUT2D eigenvalue weighted by Gasteiger charge is -2.36. The molecule has 0 unspecified atom stereocenters. The zero-order valence-electron chi connectivity index (χ0n) is 16.6. The Balaban J connectivity index is 3.28. The van der Waals surface area contributed by atoms with Gasteiger partial charge in [0.2, 0.25) is 0 Å². The molecule has 1 aromatic carbocycles. The Kier molecular flexibility index (Phi) is 7.11. The van der Waals surface area contributed by atoms with E-state index in [-0.39, 0.29) is 10.8 Å². The van der Waals surface area contributed by atoms with Gasteiger partial charge in [0.25, 0.3) is 8.32 Å². The molecule has 0 aliphatic carbocycles. The molecule has 0 amide bonds. The summed E-state index contributed by atoms with van der Waals surface area (Å²) in [5, 5.41) is -0.0316. The van der Waals surface area contributed by atoms with Gasteiger partial charge in [0.1, 0.15) is 0 Å². The summed E-state index contributed by atoms with van der Waals surface area (Å²) >= 11 is 0. The quantitative estimate of drug-likeness (QED) is 0.305. The predicted octanol–water partition coefficient (Wildman–Crippen LogP) is 4.63. The van der Waals surface area contributed by atoms with Gasteiger partial charge in [0.05, 0.1) is 20.8 Å². The molecule has 0 aliphatic heterocycles. The Morgan fingerprint density at radius 1 is 1.12 bits per heavy atom. The van der Waals surface area contributed by atoms with Crippen LogP contribution in [-0.2, 0) is 14.0 Å². The van der Waals surface area contributed by atoms with Gasteiger partial charge in [-0.05, 0) is 48.8 Å². The maximum absolute atomic E-state index is 12.4. The first-order valence-corrected chi connectivity index (χ1v) is 11.3. The van der Waals surface area contributed by atoms with E-state index < -0.39 is 14.3 Å². The molecule has 0 spiro atoms. The predicted molar refractivity (Wildman–Crippen MR) is 102 cm³/mol. The highest BCUT2D eigenvalue weighted by atomic mass is 28.4. The van der Waals surface area contributed by atoms with Crippen molar-refractivity contribution in [2.45, 2.75) is 45.8 Å². The average molecular weight is 367 g/mol. The fraction of sp³-hybridized carbons (Fsp3) is 0.526. The summed E-state index contributed by atoms with van der Waals surface area (Å²) in [5.41, 5.74) is 0.777. The normalized spacial score (nSPS) is 12.6. The van der Waals surface area contributed by atoms with Crippen LogP contribution < -0.4 is 9.47 Å². The molecular weight excluding hydrogens is 336 g/mol. The van der Waals surface area contributed by atoms with Crippen LogP contribution in [0.3, 0.4) is 0 Å². The monoisotopic (exact) mass is 366 g/mol. The average Bonchev–Trinajstić information content (AvgIpc) is 2.53. The lowest BCUT2D eigenvalue weighted by atomic mass is 10.2. The Labute approximate surface area is 152 Å². The van der Waals surface area contributed by atoms with Crippen molar-refractivity contribution in [2.24, 2.45) is 0 Å². The minimum atomic E-state index is -2.18. The van der Waals surface area contributed by atoms with Gasteiger partial charge < -0.3 is 18.6 Å². The molecule has 5 nitrogen and oxygen atoms in total. The van der Waals surface area contributed by atoms with Crippen LogP contribution in [0.15, 0.2) is 24.0 Å². The number of carbonyl (C=O) groups excluding carboxylic acids is 1. The van der Waals surface area contributed by atoms with Gasteiger partial charge in [-0.2, -0.15) is 0 Å². The summed E-state index contributed by atoms with van der Waals surface area (Å²) in [7, 11) is 0.976. The Bertz CT molecular complexity index is 629. The van der Waals surface area contributed by atoms with Crippen LogP contribution in [0, 0.1) is 0 Å². The molecule has 0 aliphatic rings. The van der Waals surface area contributed by atoms with E-state index in [9.17, 15) is 4.79 Å². The standard InChI is InChI=1S/C19H30O5Si/c1-9-23-18(20)17(24-25(7,8)19(2,3)4)13-14-10-11-15(21-5)16(12-14)22-6/h10-13H,9H2,1-8H3/b17-13-. The third-order valence-corrected chi connectivity index (χ3v) is 8.70. The fourth-order valence-corrected chi connectivity index (χ4v) is 2.85. The zero-order chi connectivity index (χ0) is 19.3. The van der Waals surface area contributed by atoms with Gasteiger partial charge in [-0.15, -0.1) is 0 Å². The van der Waals surface area contributed by atoms with Crippen molar-refractivity contribution in [1.82, 2.24) is 0 Å². The van der Waals surface area contributed by atoms with Crippen molar-refractivity contribution < 1.29 is 23.4 Å². The molecular formula is C19H30O5Si. The van der Waals surface area contributed by atoms with Crippen LogP contribution in [0.2, 0.25) is 18.1 Å². The van der Waals surface area contributed by atoms with Gasteiger partial charge in [-0.25, -0.2) is 4.79 Å². The highest BCUT2D eigenvalue weighted by molar-refractivity contribution is 6.74. The molecule has 140 valence electrons. The van der Waals surface area contributed by atoms with E-state index in [1.807, 2.05) is 6.07 Å². The summed E-state index contributed by atoms with van der Waals surface area (Å²) in [6, 6.07) is 5.43. The van der Waals surface area contributed by atoms with E-state index in [1.165, 1.54) is 0 Å².